The number of anilines is 1. The maximum absolute atomic E-state index is 13.1. The van der Waals surface area contributed by atoms with Crippen LogP contribution in [0.1, 0.15) is 18.9 Å². The Bertz CT molecular complexity index is 792. The van der Waals surface area contributed by atoms with Crippen LogP contribution in [0, 0.1) is 5.82 Å². The fourth-order valence-electron chi connectivity index (χ4n) is 3.08. The van der Waals surface area contributed by atoms with Crippen LogP contribution < -0.4 is 10.2 Å². The van der Waals surface area contributed by atoms with E-state index in [9.17, 15) is 9.18 Å². The van der Waals surface area contributed by atoms with E-state index in [4.69, 9.17) is 11.6 Å². The maximum atomic E-state index is 13.1. The Morgan fingerprint density at radius 3 is 2.64 bits per heavy atom. The molecule has 3 rings (SSSR count). The first-order valence-electron chi connectivity index (χ1n) is 8.39. The number of halogens is 2. The summed E-state index contributed by atoms with van der Waals surface area (Å²) in [6.45, 7) is 3.60. The average molecular weight is 360 g/mol. The highest BCUT2D eigenvalue weighted by molar-refractivity contribution is 6.33. The molecule has 0 radical (unpaired) electrons. The van der Waals surface area contributed by atoms with E-state index in [1.165, 1.54) is 34.2 Å². The van der Waals surface area contributed by atoms with Crippen LogP contribution in [0.4, 0.5) is 10.1 Å². The van der Waals surface area contributed by atoms with Crippen LogP contribution in [0.25, 0.3) is 5.57 Å². The van der Waals surface area contributed by atoms with Gasteiger partial charge in [0.2, 0.25) is 0 Å². The first-order chi connectivity index (χ1) is 12.0. The molecule has 1 aliphatic heterocycles. The van der Waals surface area contributed by atoms with Gasteiger partial charge in [-0.15, -0.1) is 0 Å². The van der Waals surface area contributed by atoms with E-state index >= 15 is 0 Å². The quantitative estimate of drug-likeness (QED) is 0.863. The highest BCUT2D eigenvalue weighted by atomic mass is 35.5. The number of carbonyl (C=O) groups excluding carboxylic acids is 1. The van der Waals surface area contributed by atoms with Crippen molar-refractivity contribution in [3.05, 3.63) is 71.0 Å². The molecule has 0 saturated carbocycles. The topological polar surface area (TPSA) is 33.5 Å². The van der Waals surface area contributed by atoms with Crippen molar-refractivity contribution >= 4 is 28.8 Å². The Kier molecular flexibility index (Phi) is 5.51. The van der Waals surface area contributed by atoms with Crippen molar-refractivity contribution in [3.63, 3.8) is 0 Å². The first kappa shape index (κ1) is 17.6. The lowest BCUT2D eigenvalue weighted by atomic mass is 9.99. The lowest BCUT2D eigenvalue weighted by Gasteiger charge is -2.28. The lowest BCUT2D eigenvalue weighted by molar-refractivity contribution is -0.909. The highest BCUT2D eigenvalue weighted by Crippen LogP contribution is 2.22. The van der Waals surface area contributed by atoms with Crippen LogP contribution in [-0.4, -0.2) is 25.0 Å². The van der Waals surface area contributed by atoms with Gasteiger partial charge >= 0.3 is 0 Å². The number of amides is 1. The number of rotatable bonds is 4. The van der Waals surface area contributed by atoms with Gasteiger partial charge in [0.05, 0.1) is 23.8 Å². The molecule has 1 unspecified atom stereocenters. The molecular weight excluding hydrogens is 339 g/mol. The largest absolute Gasteiger partial charge is 0.321 e. The van der Waals surface area contributed by atoms with Crippen LogP contribution in [0.15, 0.2) is 54.6 Å². The van der Waals surface area contributed by atoms with E-state index in [-0.39, 0.29) is 17.0 Å². The zero-order valence-electron chi connectivity index (χ0n) is 14.1. The summed E-state index contributed by atoms with van der Waals surface area (Å²) < 4.78 is 13.1. The molecule has 5 heteroatoms. The summed E-state index contributed by atoms with van der Waals surface area (Å²) in [4.78, 5) is 13.7. The Labute approximate surface area is 152 Å². The second-order valence-corrected chi connectivity index (χ2v) is 6.70. The van der Waals surface area contributed by atoms with Crippen molar-refractivity contribution in [1.29, 1.82) is 0 Å². The molecule has 2 aromatic rings. The van der Waals surface area contributed by atoms with Gasteiger partial charge in [-0.1, -0.05) is 41.9 Å². The number of quaternary nitrogens is 1. The minimum Gasteiger partial charge on any atom is -0.321 e. The second kappa shape index (κ2) is 7.81. The molecule has 2 atom stereocenters. The predicted molar refractivity (Wildman–Crippen MR) is 99.2 cm³/mol. The number of hydrogen-bond acceptors (Lipinski definition) is 1. The van der Waals surface area contributed by atoms with Crippen molar-refractivity contribution in [2.45, 2.75) is 19.4 Å². The van der Waals surface area contributed by atoms with Gasteiger partial charge in [-0.2, -0.15) is 0 Å². The van der Waals surface area contributed by atoms with E-state index in [1.807, 2.05) is 25.1 Å². The molecule has 3 nitrogen and oxygen atoms in total. The molecule has 25 heavy (non-hydrogen) atoms. The third kappa shape index (κ3) is 4.27. The molecule has 1 aliphatic rings. The van der Waals surface area contributed by atoms with Gasteiger partial charge < -0.3 is 10.2 Å². The lowest BCUT2D eigenvalue weighted by Crippen LogP contribution is -3.17. The predicted octanol–water partition coefficient (Wildman–Crippen LogP) is 3.18. The second-order valence-electron chi connectivity index (χ2n) is 6.29. The van der Waals surface area contributed by atoms with Crippen LogP contribution in [0.5, 0.6) is 0 Å². The molecule has 0 aliphatic carbocycles. The standard InChI is InChI=1S/C20H20ClFN2O/c1-14(20(25)23-19-8-7-17(22)13-18(19)21)24-11-9-16(10-12-24)15-5-3-2-4-6-15/h2-9,13-14H,10-12H2,1H3,(H,23,25)/p+1/t14-/m1/s1. The third-order valence-corrected chi connectivity index (χ3v) is 4.98. The van der Waals surface area contributed by atoms with Crippen molar-refractivity contribution < 1.29 is 14.1 Å². The van der Waals surface area contributed by atoms with E-state index in [1.54, 1.807) is 0 Å². The molecule has 0 spiro atoms. The zero-order valence-corrected chi connectivity index (χ0v) is 14.8. The minimum absolute atomic E-state index is 0.111. The van der Waals surface area contributed by atoms with E-state index in [2.05, 4.69) is 23.5 Å². The zero-order chi connectivity index (χ0) is 17.8. The summed E-state index contributed by atoms with van der Waals surface area (Å²) >= 11 is 5.98. The number of nitrogens with one attached hydrogen (secondary N) is 2. The fourth-order valence-corrected chi connectivity index (χ4v) is 3.29. The van der Waals surface area contributed by atoms with Gasteiger partial charge in [0.1, 0.15) is 5.82 Å². The molecule has 2 N–H and O–H groups in total. The van der Waals surface area contributed by atoms with Gasteiger partial charge in [0, 0.05) is 6.42 Å². The van der Waals surface area contributed by atoms with Crippen molar-refractivity contribution in [1.82, 2.24) is 0 Å². The molecular formula is C20H21ClFN2O+. The molecule has 0 bridgehead atoms. The molecule has 130 valence electrons. The number of benzene rings is 2. The fraction of sp³-hybridized carbons (Fsp3) is 0.250. The summed E-state index contributed by atoms with van der Waals surface area (Å²) in [5.74, 6) is -0.531. The molecule has 1 heterocycles. The van der Waals surface area contributed by atoms with Gasteiger partial charge in [-0.25, -0.2) is 4.39 Å². The number of carbonyl (C=O) groups is 1. The van der Waals surface area contributed by atoms with E-state index in [0.717, 1.165) is 19.5 Å². The van der Waals surface area contributed by atoms with E-state index in [0.29, 0.717) is 5.69 Å². The molecule has 2 aromatic carbocycles. The minimum atomic E-state index is -0.420. The summed E-state index contributed by atoms with van der Waals surface area (Å²) in [5, 5.41) is 3.01. The summed E-state index contributed by atoms with van der Waals surface area (Å²) in [6.07, 6.45) is 3.15. The van der Waals surface area contributed by atoms with Crippen molar-refractivity contribution in [3.8, 4) is 0 Å². The van der Waals surface area contributed by atoms with Gasteiger partial charge in [0.25, 0.3) is 5.91 Å². The van der Waals surface area contributed by atoms with E-state index < -0.39 is 5.82 Å². The van der Waals surface area contributed by atoms with Crippen LogP contribution in [-0.2, 0) is 4.79 Å². The molecule has 0 aromatic heterocycles. The van der Waals surface area contributed by atoms with Crippen molar-refractivity contribution in [2.24, 2.45) is 0 Å². The SMILES string of the molecule is C[C@H](C(=O)Nc1ccc(F)cc1Cl)[NH+]1CC=C(c2ccccc2)CC1. The van der Waals surface area contributed by atoms with Gasteiger partial charge in [-0.05, 0) is 42.3 Å². The number of hydrogen-bond donors (Lipinski definition) is 2. The first-order valence-corrected chi connectivity index (χ1v) is 8.77. The van der Waals surface area contributed by atoms with Crippen LogP contribution in [0.3, 0.4) is 0 Å². The normalized spacial score (nSPS) is 18.4. The third-order valence-electron chi connectivity index (χ3n) is 4.67. The monoisotopic (exact) mass is 359 g/mol. The highest BCUT2D eigenvalue weighted by Gasteiger charge is 2.27. The van der Waals surface area contributed by atoms with Crippen LogP contribution in [0.2, 0.25) is 5.02 Å². The Morgan fingerprint density at radius 2 is 2.00 bits per heavy atom. The van der Waals surface area contributed by atoms with Crippen molar-refractivity contribution in [2.75, 3.05) is 18.4 Å². The Hall–Kier alpha value is -2.17. The maximum Gasteiger partial charge on any atom is 0.282 e. The smallest absolute Gasteiger partial charge is 0.282 e. The van der Waals surface area contributed by atoms with Crippen LogP contribution >= 0.6 is 11.6 Å². The molecule has 1 amide bonds. The van der Waals surface area contributed by atoms with Gasteiger partial charge in [0.15, 0.2) is 6.04 Å². The molecule has 0 saturated heterocycles. The Balaban J connectivity index is 1.63. The summed E-state index contributed by atoms with van der Waals surface area (Å²) in [7, 11) is 0. The van der Waals surface area contributed by atoms with Gasteiger partial charge in [-0.3, -0.25) is 4.79 Å². The summed E-state index contributed by atoms with van der Waals surface area (Å²) in [5.41, 5.74) is 3.02. The Morgan fingerprint density at radius 1 is 1.24 bits per heavy atom. The molecule has 0 fully saturated rings. The summed E-state index contributed by atoms with van der Waals surface area (Å²) in [6, 6.07) is 14.1. The average Bonchev–Trinajstić information content (AvgIpc) is 2.64.